The number of fused-ring (bicyclic) bond motifs is 2. The Morgan fingerprint density at radius 3 is 2.74 bits per heavy atom. The molecule has 0 amide bonds. The molecule has 0 radical (unpaired) electrons. The topological polar surface area (TPSA) is 112 Å². The van der Waals surface area contributed by atoms with Crippen LogP contribution in [0.25, 0.3) is 54.9 Å². The number of nitrogens with zero attached hydrogens (tertiary/aromatic N) is 4. The van der Waals surface area contributed by atoms with Gasteiger partial charge in [-0.05, 0) is 37.0 Å². The van der Waals surface area contributed by atoms with Gasteiger partial charge in [-0.1, -0.05) is 42.5 Å². The maximum Gasteiger partial charge on any atom is 0.261 e. The first-order valence-electron chi connectivity index (χ1n) is 12.6. The smallest absolute Gasteiger partial charge is 0.261 e. The molecule has 188 valence electrons. The van der Waals surface area contributed by atoms with E-state index in [9.17, 15) is 4.79 Å². The van der Waals surface area contributed by atoms with Gasteiger partial charge in [-0.25, -0.2) is 14.6 Å². The Hall–Kier alpha value is -4.34. The van der Waals surface area contributed by atoms with Gasteiger partial charge in [-0.2, -0.15) is 5.10 Å². The molecule has 1 saturated heterocycles. The highest BCUT2D eigenvalue weighted by atomic mass is 32.1. The predicted molar refractivity (Wildman–Crippen MR) is 151 cm³/mol. The summed E-state index contributed by atoms with van der Waals surface area (Å²) in [4.78, 5) is 25.9. The van der Waals surface area contributed by atoms with E-state index in [0.717, 1.165) is 64.0 Å². The number of thiazole rings is 1. The summed E-state index contributed by atoms with van der Waals surface area (Å²) in [7, 11) is 0. The van der Waals surface area contributed by atoms with Crippen molar-refractivity contribution in [2.45, 2.75) is 25.5 Å². The van der Waals surface area contributed by atoms with Gasteiger partial charge in [0, 0.05) is 40.3 Å². The highest BCUT2D eigenvalue weighted by Gasteiger charge is 2.23. The molecule has 3 aromatic heterocycles. The van der Waals surface area contributed by atoms with Crippen molar-refractivity contribution < 1.29 is 4.74 Å². The minimum Gasteiger partial charge on any atom is -0.398 e. The van der Waals surface area contributed by atoms with Gasteiger partial charge in [0.1, 0.15) is 10.8 Å². The lowest BCUT2D eigenvalue weighted by Crippen LogP contribution is -2.18. The Morgan fingerprint density at radius 1 is 1.05 bits per heavy atom. The largest absolute Gasteiger partial charge is 0.398 e. The number of benzene rings is 3. The summed E-state index contributed by atoms with van der Waals surface area (Å²) < 4.78 is 7.96. The number of rotatable bonds is 4. The van der Waals surface area contributed by atoms with Crippen LogP contribution in [0.5, 0.6) is 0 Å². The van der Waals surface area contributed by atoms with Crippen molar-refractivity contribution in [3.63, 3.8) is 0 Å². The second kappa shape index (κ2) is 9.20. The van der Waals surface area contributed by atoms with Crippen molar-refractivity contribution in [3.8, 4) is 33.1 Å². The highest BCUT2D eigenvalue weighted by molar-refractivity contribution is 7.13. The fourth-order valence-electron chi connectivity index (χ4n) is 5.27. The Bertz CT molecular complexity index is 1840. The third-order valence-electron chi connectivity index (χ3n) is 7.09. The van der Waals surface area contributed by atoms with Crippen LogP contribution in [0.4, 0.5) is 5.69 Å². The van der Waals surface area contributed by atoms with Crippen molar-refractivity contribution in [3.05, 3.63) is 82.7 Å². The second-order valence-electron chi connectivity index (χ2n) is 9.38. The Morgan fingerprint density at radius 2 is 1.95 bits per heavy atom. The number of aromatic nitrogens is 5. The summed E-state index contributed by atoms with van der Waals surface area (Å²) in [5, 5.41) is 8.68. The maximum atomic E-state index is 13.5. The van der Waals surface area contributed by atoms with E-state index in [2.05, 4.69) is 9.97 Å². The van der Waals surface area contributed by atoms with Crippen molar-refractivity contribution in [1.82, 2.24) is 24.7 Å². The van der Waals surface area contributed by atoms with E-state index in [-0.39, 0.29) is 11.8 Å². The summed E-state index contributed by atoms with van der Waals surface area (Å²) in [6.45, 7) is 0.737. The lowest BCUT2D eigenvalue weighted by molar-refractivity contribution is -0.0366. The molecule has 4 heterocycles. The van der Waals surface area contributed by atoms with Crippen LogP contribution in [0.2, 0.25) is 0 Å². The Kier molecular flexibility index (Phi) is 5.52. The molecule has 7 rings (SSSR count). The third-order valence-corrected chi connectivity index (χ3v) is 7.90. The molecular formula is C29H24N6O2S. The van der Waals surface area contributed by atoms with Gasteiger partial charge in [0.15, 0.2) is 6.23 Å². The summed E-state index contributed by atoms with van der Waals surface area (Å²) in [6, 6.07) is 17.6. The molecule has 8 nitrogen and oxygen atoms in total. The number of nitrogens with two attached hydrogens (primary N) is 1. The molecule has 1 unspecified atom stereocenters. The number of aromatic amines is 1. The monoisotopic (exact) mass is 520 g/mol. The molecule has 0 saturated carbocycles. The molecule has 1 aliphatic rings. The molecule has 38 heavy (non-hydrogen) atoms. The second-order valence-corrected chi connectivity index (χ2v) is 10.3. The zero-order chi connectivity index (χ0) is 25.6. The Labute approximate surface area is 221 Å². The first kappa shape index (κ1) is 22.8. The molecule has 1 aliphatic heterocycles. The van der Waals surface area contributed by atoms with Crippen molar-refractivity contribution in [2.75, 3.05) is 12.3 Å². The third kappa shape index (κ3) is 3.70. The van der Waals surface area contributed by atoms with Gasteiger partial charge in [-0.15, -0.1) is 11.3 Å². The summed E-state index contributed by atoms with van der Waals surface area (Å²) in [5.41, 5.74) is 11.6. The number of anilines is 1. The fraction of sp³-hybridized carbons (Fsp3) is 0.172. The van der Waals surface area contributed by atoms with Crippen molar-refractivity contribution >= 4 is 38.8 Å². The number of ether oxygens (including phenoxy) is 1. The van der Waals surface area contributed by atoms with Crippen LogP contribution in [-0.2, 0) is 4.74 Å². The van der Waals surface area contributed by atoms with Gasteiger partial charge in [0.2, 0.25) is 0 Å². The van der Waals surface area contributed by atoms with Crippen LogP contribution in [-0.4, -0.2) is 31.3 Å². The molecule has 0 aliphatic carbocycles. The molecule has 3 aromatic carbocycles. The van der Waals surface area contributed by atoms with Gasteiger partial charge >= 0.3 is 0 Å². The van der Waals surface area contributed by atoms with Crippen LogP contribution in [0, 0.1) is 0 Å². The molecule has 0 spiro atoms. The van der Waals surface area contributed by atoms with Gasteiger partial charge in [0.25, 0.3) is 5.56 Å². The maximum absolute atomic E-state index is 13.5. The fourth-order valence-corrected chi connectivity index (χ4v) is 5.92. The summed E-state index contributed by atoms with van der Waals surface area (Å²) in [5.74, 6) is 0.490. The van der Waals surface area contributed by atoms with E-state index in [1.807, 2.05) is 70.9 Å². The molecule has 3 N–H and O–H groups in total. The zero-order valence-electron chi connectivity index (χ0n) is 20.4. The first-order chi connectivity index (χ1) is 18.7. The lowest BCUT2D eigenvalue weighted by Gasteiger charge is -2.23. The standard InChI is InChI=1S/C29H24N6O2S/c30-25-19(18-9-6-10-22-21(18)16-32-35(22)23-11-4-5-13-37-23)15-20(29-31-12-14-38-29)26-24(25)28(36)34-27(33-26)17-7-2-1-3-8-17/h1-3,6-10,12,14-16,23H,4-5,11,13,30H2,(H,33,34,36). The average molecular weight is 521 g/mol. The number of nitrogens with one attached hydrogen (secondary N) is 1. The predicted octanol–water partition coefficient (Wildman–Crippen LogP) is 6.01. The average Bonchev–Trinajstić information content (AvgIpc) is 3.65. The van der Waals surface area contributed by atoms with Crippen LogP contribution >= 0.6 is 11.3 Å². The van der Waals surface area contributed by atoms with Gasteiger partial charge in [0.05, 0.1) is 28.3 Å². The van der Waals surface area contributed by atoms with E-state index >= 15 is 0 Å². The number of nitrogen functional groups attached to an aromatic ring is 1. The quantitative estimate of drug-likeness (QED) is 0.275. The molecule has 1 fully saturated rings. The first-order valence-corrected chi connectivity index (χ1v) is 13.5. The van der Waals surface area contributed by atoms with Crippen LogP contribution in [0.1, 0.15) is 25.5 Å². The van der Waals surface area contributed by atoms with Gasteiger partial charge in [-0.3, -0.25) is 4.79 Å². The van der Waals surface area contributed by atoms with Crippen LogP contribution in [0.3, 0.4) is 0 Å². The number of H-pyrrole nitrogens is 1. The molecule has 9 heteroatoms. The van der Waals surface area contributed by atoms with Gasteiger partial charge < -0.3 is 15.5 Å². The SMILES string of the molecule is Nc1c(-c2cccc3c2cnn3C2CCCCO2)cc(-c2nccs2)c2nc(-c3ccccc3)[nH]c(=O)c12. The minimum atomic E-state index is -0.288. The number of hydrogen-bond donors (Lipinski definition) is 2. The normalized spacial score (nSPS) is 15.8. The number of hydrogen-bond acceptors (Lipinski definition) is 7. The molecule has 1 atom stereocenters. The van der Waals surface area contributed by atoms with E-state index in [1.165, 1.54) is 11.3 Å². The summed E-state index contributed by atoms with van der Waals surface area (Å²) >= 11 is 1.50. The zero-order valence-corrected chi connectivity index (χ0v) is 21.2. The lowest BCUT2D eigenvalue weighted by atomic mass is 9.95. The van der Waals surface area contributed by atoms with E-state index < -0.39 is 0 Å². The van der Waals surface area contributed by atoms with Crippen molar-refractivity contribution in [2.24, 2.45) is 0 Å². The van der Waals surface area contributed by atoms with Crippen molar-refractivity contribution in [1.29, 1.82) is 0 Å². The van der Waals surface area contributed by atoms with E-state index in [4.69, 9.17) is 20.6 Å². The van der Waals surface area contributed by atoms with E-state index in [0.29, 0.717) is 22.4 Å². The summed E-state index contributed by atoms with van der Waals surface area (Å²) in [6.07, 6.45) is 6.64. The molecule has 0 bridgehead atoms. The highest BCUT2D eigenvalue weighted by Crippen LogP contribution is 2.41. The minimum absolute atomic E-state index is 0.0835. The van der Waals surface area contributed by atoms with Crippen LogP contribution < -0.4 is 11.3 Å². The van der Waals surface area contributed by atoms with Crippen LogP contribution in [0.15, 0.2) is 77.2 Å². The van der Waals surface area contributed by atoms with E-state index in [1.54, 1.807) is 6.20 Å². The molecular weight excluding hydrogens is 496 g/mol. The molecule has 6 aromatic rings. The Balaban J connectivity index is 1.48.